The number of para-hydroxylation sites is 1. The average molecular weight is 271 g/mol. The Morgan fingerprint density at radius 2 is 1.70 bits per heavy atom. The summed E-state index contributed by atoms with van der Waals surface area (Å²) in [6.45, 7) is 0.166. The Labute approximate surface area is 116 Å². The van der Waals surface area contributed by atoms with Crippen LogP contribution in [-0.4, -0.2) is 11.8 Å². The van der Waals surface area contributed by atoms with Gasteiger partial charge in [-0.1, -0.05) is 18.2 Å². The number of amides is 2. The van der Waals surface area contributed by atoms with Crippen LogP contribution in [0.3, 0.4) is 0 Å². The van der Waals surface area contributed by atoms with Gasteiger partial charge in [-0.3, -0.25) is 15.0 Å². The second-order valence-corrected chi connectivity index (χ2v) is 4.15. The quantitative estimate of drug-likeness (QED) is 0.321. The van der Waals surface area contributed by atoms with Gasteiger partial charge in [0.1, 0.15) is 0 Å². The van der Waals surface area contributed by atoms with Crippen molar-refractivity contribution >= 4 is 17.5 Å². The Morgan fingerprint density at radius 1 is 1.05 bits per heavy atom. The minimum absolute atomic E-state index is 0.141. The number of nitrogen functional groups attached to an aromatic ring is 1. The maximum Gasteiger partial charge on any atom is 0.290 e. The van der Waals surface area contributed by atoms with E-state index in [1.807, 2.05) is 35.8 Å². The monoisotopic (exact) mass is 271 g/mol. The summed E-state index contributed by atoms with van der Waals surface area (Å²) in [5, 5.41) is 2.78. The van der Waals surface area contributed by atoms with Crippen molar-refractivity contribution in [1.82, 2.24) is 5.43 Å². The van der Waals surface area contributed by atoms with E-state index in [0.29, 0.717) is 5.56 Å². The fraction of sp³-hybridized carbons (Fsp3) is 0.0714. The molecule has 0 bridgehead atoms. The average Bonchev–Trinajstić information content (AvgIpc) is 2.48. The van der Waals surface area contributed by atoms with Crippen molar-refractivity contribution in [3.05, 3.63) is 60.4 Å². The van der Waals surface area contributed by atoms with Crippen LogP contribution in [0.2, 0.25) is 0 Å². The lowest BCUT2D eigenvalue weighted by molar-refractivity contribution is -0.684. The smallest absolute Gasteiger partial charge is 0.290 e. The SMILES string of the molecule is NNC(=O)c1cc[n+](CC(=O)Nc2ccccc2)cc1. The van der Waals surface area contributed by atoms with Crippen molar-refractivity contribution in [2.45, 2.75) is 6.54 Å². The van der Waals surface area contributed by atoms with Gasteiger partial charge in [0.15, 0.2) is 12.4 Å². The van der Waals surface area contributed by atoms with Gasteiger partial charge >= 0.3 is 0 Å². The number of nitrogens with zero attached hydrogens (tertiary/aromatic N) is 1. The first-order valence-electron chi connectivity index (χ1n) is 6.04. The first-order valence-corrected chi connectivity index (χ1v) is 6.04. The Balaban J connectivity index is 1.96. The molecule has 0 aliphatic carbocycles. The van der Waals surface area contributed by atoms with Crippen LogP contribution in [0.5, 0.6) is 0 Å². The van der Waals surface area contributed by atoms with Gasteiger partial charge in [0.05, 0.1) is 5.56 Å². The zero-order valence-corrected chi connectivity index (χ0v) is 10.7. The second kappa shape index (κ2) is 6.44. The third-order valence-corrected chi connectivity index (χ3v) is 2.67. The number of nitrogens with one attached hydrogen (secondary N) is 2. The van der Waals surface area contributed by atoms with Gasteiger partial charge in [-0.25, -0.2) is 5.84 Å². The van der Waals surface area contributed by atoms with E-state index in [4.69, 9.17) is 5.84 Å². The van der Waals surface area contributed by atoms with Crippen LogP contribution >= 0.6 is 0 Å². The van der Waals surface area contributed by atoms with Crippen molar-refractivity contribution in [3.63, 3.8) is 0 Å². The van der Waals surface area contributed by atoms with Crippen molar-refractivity contribution in [2.24, 2.45) is 5.84 Å². The Hall–Kier alpha value is -2.73. The van der Waals surface area contributed by atoms with Crippen LogP contribution in [0.1, 0.15) is 10.4 Å². The van der Waals surface area contributed by atoms with Crippen LogP contribution in [0.4, 0.5) is 5.69 Å². The van der Waals surface area contributed by atoms with E-state index in [0.717, 1.165) is 5.69 Å². The number of hydrogen-bond donors (Lipinski definition) is 3. The molecule has 6 nitrogen and oxygen atoms in total. The number of hydrogen-bond acceptors (Lipinski definition) is 3. The van der Waals surface area contributed by atoms with E-state index in [-0.39, 0.29) is 18.4 Å². The molecular weight excluding hydrogens is 256 g/mol. The lowest BCUT2D eigenvalue weighted by Gasteiger charge is -2.02. The molecule has 0 aliphatic heterocycles. The zero-order chi connectivity index (χ0) is 14.4. The number of aromatic nitrogens is 1. The second-order valence-electron chi connectivity index (χ2n) is 4.15. The molecule has 2 amide bonds. The Bertz CT molecular complexity index is 596. The number of pyridine rings is 1. The number of hydrazine groups is 1. The molecule has 0 unspecified atom stereocenters. The first kappa shape index (κ1) is 13.7. The van der Waals surface area contributed by atoms with Crippen LogP contribution in [0, 0.1) is 0 Å². The molecule has 6 heteroatoms. The molecule has 0 radical (unpaired) electrons. The van der Waals surface area contributed by atoms with Crippen LogP contribution < -0.4 is 21.2 Å². The van der Waals surface area contributed by atoms with Crippen molar-refractivity contribution in [1.29, 1.82) is 0 Å². The van der Waals surface area contributed by atoms with Gasteiger partial charge < -0.3 is 5.32 Å². The fourth-order valence-electron chi connectivity index (χ4n) is 1.69. The van der Waals surface area contributed by atoms with E-state index >= 15 is 0 Å². The van der Waals surface area contributed by atoms with Crippen molar-refractivity contribution in [2.75, 3.05) is 5.32 Å². The summed E-state index contributed by atoms with van der Waals surface area (Å²) in [5.41, 5.74) is 3.23. The summed E-state index contributed by atoms with van der Waals surface area (Å²) < 4.78 is 1.67. The zero-order valence-electron chi connectivity index (χ0n) is 10.7. The number of carbonyl (C=O) groups excluding carboxylic acids is 2. The molecule has 1 aromatic carbocycles. The molecule has 102 valence electrons. The molecule has 0 fully saturated rings. The van der Waals surface area contributed by atoms with Gasteiger partial charge in [-0.15, -0.1) is 0 Å². The topological polar surface area (TPSA) is 88.1 Å². The molecule has 4 N–H and O–H groups in total. The summed E-state index contributed by atoms with van der Waals surface area (Å²) in [4.78, 5) is 23.1. The number of carbonyl (C=O) groups is 2. The summed E-state index contributed by atoms with van der Waals surface area (Å²) in [6.07, 6.45) is 3.30. The Morgan fingerprint density at radius 3 is 2.30 bits per heavy atom. The minimum atomic E-state index is -0.370. The molecule has 2 aromatic rings. The summed E-state index contributed by atoms with van der Waals surface area (Å²) >= 11 is 0. The van der Waals surface area contributed by atoms with Crippen molar-refractivity contribution < 1.29 is 14.2 Å². The maximum absolute atomic E-state index is 11.8. The van der Waals surface area contributed by atoms with Crippen molar-refractivity contribution in [3.8, 4) is 0 Å². The Kier molecular flexibility index (Phi) is 4.41. The molecule has 0 saturated heterocycles. The summed E-state index contributed by atoms with van der Waals surface area (Å²) in [7, 11) is 0. The fourth-order valence-corrected chi connectivity index (χ4v) is 1.69. The largest absolute Gasteiger partial charge is 0.321 e. The predicted octanol–water partition coefficient (Wildman–Crippen LogP) is 0.216. The lowest BCUT2D eigenvalue weighted by Crippen LogP contribution is -2.40. The molecule has 0 spiro atoms. The highest BCUT2D eigenvalue weighted by molar-refractivity contribution is 5.93. The van der Waals surface area contributed by atoms with E-state index in [1.165, 1.54) is 0 Å². The van der Waals surface area contributed by atoms with Gasteiger partial charge in [0.2, 0.25) is 6.54 Å². The third-order valence-electron chi connectivity index (χ3n) is 2.67. The summed E-state index contributed by atoms with van der Waals surface area (Å²) in [5.74, 6) is 4.53. The minimum Gasteiger partial charge on any atom is -0.321 e. The van der Waals surface area contributed by atoms with Crippen LogP contribution in [0.25, 0.3) is 0 Å². The van der Waals surface area contributed by atoms with Gasteiger partial charge in [-0.05, 0) is 12.1 Å². The molecule has 1 aromatic heterocycles. The number of benzene rings is 1. The third kappa shape index (κ3) is 3.63. The molecule has 20 heavy (non-hydrogen) atoms. The normalized spacial score (nSPS) is 9.85. The maximum atomic E-state index is 11.8. The molecule has 0 saturated carbocycles. The molecule has 0 atom stereocenters. The van der Waals surface area contributed by atoms with E-state index in [9.17, 15) is 9.59 Å². The lowest BCUT2D eigenvalue weighted by atomic mass is 10.2. The van der Waals surface area contributed by atoms with Gasteiger partial charge in [-0.2, -0.15) is 4.57 Å². The van der Waals surface area contributed by atoms with E-state index in [1.54, 1.807) is 29.1 Å². The number of nitrogens with two attached hydrogens (primary N) is 1. The molecule has 0 aliphatic rings. The predicted molar refractivity (Wildman–Crippen MR) is 73.4 cm³/mol. The highest BCUT2D eigenvalue weighted by atomic mass is 16.2. The molecular formula is C14H15N4O2+. The summed E-state index contributed by atoms with van der Waals surface area (Å²) in [6, 6.07) is 12.4. The van der Waals surface area contributed by atoms with Crippen LogP contribution in [0.15, 0.2) is 54.9 Å². The van der Waals surface area contributed by atoms with E-state index < -0.39 is 0 Å². The number of anilines is 1. The standard InChI is InChI=1S/C14H14N4O2/c15-17-14(20)11-6-8-18(9-7-11)10-13(19)16-12-4-2-1-3-5-12/h1-9,15H,10H2,(H2,16,19,20)/p+1. The van der Waals surface area contributed by atoms with Gasteiger partial charge in [0.25, 0.3) is 11.8 Å². The number of rotatable bonds is 4. The highest BCUT2D eigenvalue weighted by Crippen LogP contribution is 2.04. The highest BCUT2D eigenvalue weighted by Gasteiger charge is 2.11. The van der Waals surface area contributed by atoms with Crippen LogP contribution in [-0.2, 0) is 11.3 Å². The van der Waals surface area contributed by atoms with E-state index in [2.05, 4.69) is 5.32 Å². The first-order chi connectivity index (χ1) is 9.69. The van der Waals surface area contributed by atoms with Gasteiger partial charge in [0, 0.05) is 17.8 Å². The molecule has 1 heterocycles. The molecule has 2 rings (SSSR count).